The van der Waals surface area contributed by atoms with Gasteiger partial charge in [0, 0.05) is 31.2 Å². The number of nitrogens with zero attached hydrogens (tertiary/aromatic N) is 1. The molecule has 2 fully saturated rings. The number of hydrogen-bond acceptors (Lipinski definition) is 5. The first-order valence-electron chi connectivity index (χ1n) is 9.72. The van der Waals surface area contributed by atoms with Gasteiger partial charge in [-0.1, -0.05) is 12.8 Å². The number of piperidine rings is 1. The van der Waals surface area contributed by atoms with Gasteiger partial charge < -0.3 is 15.4 Å². The largest absolute Gasteiger partial charge is 0.495 e. The molecule has 2 N–H and O–H groups in total. The minimum Gasteiger partial charge on any atom is -0.495 e. The van der Waals surface area contributed by atoms with Crippen LogP contribution in [0.5, 0.6) is 5.75 Å². The second-order valence-corrected chi connectivity index (χ2v) is 9.11. The van der Waals surface area contributed by atoms with E-state index >= 15 is 0 Å². The zero-order valence-electron chi connectivity index (χ0n) is 16.3. The molecule has 0 aromatic heterocycles. The summed E-state index contributed by atoms with van der Waals surface area (Å²) in [7, 11) is -2.25. The van der Waals surface area contributed by atoms with Crippen molar-refractivity contribution < 1.29 is 17.9 Å². The van der Waals surface area contributed by atoms with Gasteiger partial charge in [-0.05, 0) is 50.4 Å². The number of carbonyl (C=O) groups is 1. The Bertz CT molecular complexity index is 758. The Morgan fingerprint density at radius 3 is 2.50 bits per heavy atom. The number of sulfonamides is 1. The number of hydrogen-bond donors (Lipinski definition) is 2. The summed E-state index contributed by atoms with van der Waals surface area (Å²) >= 11 is 0. The van der Waals surface area contributed by atoms with Gasteiger partial charge in [0.25, 0.3) is 5.91 Å². The van der Waals surface area contributed by atoms with Crippen molar-refractivity contribution in [3.05, 3.63) is 23.8 Å². The van der Waals surface area contributed by atoms with Crippen LogP contribution in [0.4, 0.5) is 0 Å². The van der Waals surface area contributed by atoms with Gasteiger partial charge in [-0.2, -0.15) is 4.31 Å². The number of ether oxygens (including phenoxy) is 1. The smallest absolute Gasteiger partial charge is 0.251 e. The lowest BCUT2D eigenvalue weighted by atomic mass is 10.1. The summed E-state index contributed by atoms with van der Waals surface area (Å²) in [5, 5.41) is 6.25. The van der Waals surface area contributed by atoms with Crippen LogP contribution in [0.25, 0.3) is 0 Å². The molecule has 3 rings (SSSR count). The molecular weight excluding hydrogens is 402 g/mol. The molecule has 28 heavy (non-hydrogen) atoms. The highest BCUT2D eigenvalue weighted by atomic mass is 35.5. The van der Waals surface area contributed by atoms with E-state index in [1.807, 2.05) is 0 Å². The quantitative estimate of drug-likeness (QED) is 0.745. The van der Waals surface area contributed by atoms with E-state index in [0.717, 1.165) is 51.6 Å². The fourth-order valence-corrected chi connectivity index (χ4v) is 5.38. The van der Waals surface area contributed by atoms with Gasteiger partial charge in [-0.3, -0.25) is 4.79 Å². The molecule has 0 saturated carbocycles. The van der Waals surface area contributed by atoms with E-state index in [0.29, 0.717) is 18.7 Å². The lowest BCUT2D eigenvalue weighted by Gasteiger charge is -2.24. The van der Waals surface area contributed by atoms with Crippen molar-refractivity contribution >= 4 is 28.3 Å². The number of benzene rings is 1. The Kier molecular flexibility index (Phi) is 8.55. The summed E-state index contributed by atoms with van der Waals surface area (Å²) in [5.74, 6) is 0.0220. The summed E-state index contributed by atoms with van der Waals surface area (Å²) in [4.78, 5) is 12.7. The molecular formula is C19H30ClN3O4S. The van der Waals surface area contributed by atoms with E-state index in [1.54, 1.807) is 12.1 Å². The first-order valence-corrected chi connectivity index (χ1v) is 11.2. The van der Waals surface area contributed by atoms with Crippen LogP contribution in [-0.4, -0.2) is 58.0 Å². The number of nitrogens with one attached hydrogen (secondary N) is 2. The molecule has 158 valence electrons. The third kappa shape index (κ3) is 5.37. The topological polar surface area (TPSA) is 87.7 Å². The Morgan fingerprint density at radius 2 is 1.89 bits per heavy atom. The van der Waals surface area contributed by atoms with Gasteiger partial charge in [-0.15, -0.1) is 12.4 Å². The van der Waals surface area contributed by atoms with E-state index in [4.69, 9.17) is 4.74 Å². The Morgan fingerprint density at radius 1 is 1.18 bits per heavy atom. The van der Waals surface area contributed by atoms with Crippen LogP contribution >= 0.6 is 12.4 Å². The van der Waals surface area contributed by atoms with Gasteiger partial charge in [0.1, 0.15) is 10.6 Å². The van der Waals surface area contributed by atoms with Crippen molar-refractivity contribution in [2.24, 2.45) is 0 Å². The standard InChI is InChI=1S/C19H29N3O4S.ClH/c1-26-17-9-8-15(19(23)21-16-7-6-10-20-14-16)13-18(17)27(24,25)22-11-4-2-3-5-12-22;/h8-9,13,16,20H,2-7,10-12,14H2,1H3,(H,21,23);1H/t16-;/m0./s1. The number of amides is 1. The maximum absolute atomic E-state index is 13.2. The fourth-order valence-electron chi connectivity index (χ4n) is 3.68. The number of methoxy groups -OCH3 is 1. The van der Waals surface area contributed by atoms with Crippen LogP contribution in [0.15, 0.2) is 23.1 Å². The van der Waals surface area contributed by atoms with Crippen LogP contribution in [0.1, 0.15) is 48.9 Å². The predicted octanol–water partition coefficient (Wildman–Crippen LogP) is 2.16. The second-order valence-electron chi connectivity index (χ2n) is 7.20. The first-order chi connectivity index (χ1) is 13.0. The highest BCUT2D eigenvalue weighted by Gasteiger charge is 2.29. The summed E-state index contributed by atoms with van der Waals surface area (Å²) in [6.45, 7) is 2.72. The molecule has 7 nitrogen and oxygen atoms in total. The predicted molar refractivity (Wildman–Crippen MR) is 111 cm³/mol. The van der Waals surface area contributed by atoms with Crippen LogP contribution in [0.2, 0.25) is 0 Å². The average Bonchev–Trinajstić information content (AvgIpc) is 2.98. The zero-order chi connectivity index (χ0) is 19.3. The van der Waals surface area contributed by atoms with Crippen molar-refractivity contribution in [3.63, 3.8) is 0 Å². The van der Waals surface area contributed by atoms with Gasteiger partial charge in [-0.25, -0.2) is 8.42 Å². The summed E-state index contributed by atoms with van der Waals surface area (Å²) in [6, 6.07) is 4.70. The van der Waals surface area contributed by atoms with E-state index in [-0.39, 0.29) is 35.0 Å². The number of halogens is 1. The van der Waals surface area contributed by atoms with E-state index in [2.05, 4.69) is 10.6 Å². The SMILES string of the molecule is COc1ccc(C(=O)N[C@H]2CCCNC2)cc1S(=O)(=O)N1CCCCCC1.Cl. The first kappa shape index (κ1) is 22.9. The van der Waals surface area contributed by atoms with E-state index in [9.17, 15) is 13.2 Å². The molecule has 0 unspecified atom stereocenters. The average molecular weight is 432 g/mol. The fraction of sp³-hybridized carbons (Fsp3) is 0.632. The molecule has 0 bridgehead atoms. The van der Waals surface area contributed by atoms with Crippen molar-refractivity contribution in [2.45, 2.75) is 49.5 Å². The molecule has 2 saturated heterocycles. The number of rotatable bonds is 5. The van der Waals surface area contributed by atoms with Crippen molar-refractivity contribution in [3.8, 4) is 5.75 Å². The molecule has 2 aliphatic rings. The van der Waals surface area contributed by atoms with Crippen LogP contribution in [0, 0.1) is 0 Å². The van der Waals surface area contributed by atoms with Crippen molar-refractivity contribution in [1.29, 1.82) is 0 Å². The molecule has 0 aliphatic carbocycles. The lowest BCUT2D eigenvalue weighted by molar-refractivity contribution is 0.0930. The van der Waals surface area contributed by atoms with Gasteiger partial charge in [0.15, 0.2) is 0 Å². The molecule has 1 aromatic rings. The summed E-state index contributed by atoms with van der Waals surface area (Å²) in [5.41, 5.74) is 0.342. The van der Waals surface area contributed by atoms with Crippen LogP contribution < -0.4 is 15.4 Å². The molecule has 0 radical (unpaired) electrons. The maximum atomic E-state index is 13.2. The van der Waals surface area contributed by atoms with Gasteiger partial charge in [0.05, 0.1) is 7.11 Å². The highest BCUT2D eigenvalue weighted by Crippen LogP contribution is 2.29. The third-order valence-electron chi connectivity index (χ3n) is 5.24. The Labute approximate surface area is 173 Å². The van der Waals surface area contributed by atoms with Gasteiger partial charge >= 0.3 is 0 Å². The van der Waals surface area contributed by atoms with E-state index < -0.39 is 10.0 Å². The minimum atomic E-state index is -3.70. The Balaban J connectivity index is 0.00000280. The van der Waals surface area contributed by atoms with Crippen molar-refractivity contribution in [2.75, 3.05) is 33.3 Å². The lowest BCUT2D eigenvalue weighted by Crippen LogP contribution is -2.45. The monoisotopic (exact) mass is 431 g/mol. The minimum absolute atomic E-state index is 0. The van der Waals surface area contributed by atoms with Crippen LogP contribution in [-0.2, 0) is 10.0 Å². The number of carbonyl (C=O) groups excluding carboxylic acids is 1. The highest BCUT2D eigenvalue weighted by molar-refractivity contribution is 7.89. The zero-order valence-corrected chi connectivity index (χ0v) is 17.9. The van der Waals surface area contributed by atoms with Gasteiger partial charge in [0.2, 0.25) is 10.0 Å². The molecule has 1 amide bonds. The molecule has 1 aromatic carbocycles. The van der Waals surface area contributed by atoms with Crippen molar-refractivity contribution in [1.82, 2.24) is 14.9 Å². The third-order valence-corrected chi connectivity index (χ3v) is 7.16. The van der Waals surface area contributed by atoms with Crippen LogP contribution in [0.3, 0.4) is 0 Å². The molecule has 2 heterocycles. The summed E-state index contributed by atoms with van der Waals surface area (Å²) in [6.07, 6.45) is 5.74. The second kappa shape index (κ2) is 10.4. The molecule has 0 spiro atoms. The Hall–Kier alpha value is -1.35. The maximum Gasteiger partial charge on any atom is 0.251 e. The normalized spacial score (nSPS) is 21.2. The van der Waals surface area contributed by atoms with E-state index in [1.165, 1.54) is 17.5 Å². The summed E-state index contributed by atoms with van der Waals surface area (Å²) < 4.78 is 33.2. The molecule has 2 aliphatic heterocycles. The molecule has 9 heteroatoms. The molecule has 1 atom stereocenters.